The molecule has 0 aliphatic heterocycles. The van der Waals surface area contributed by atoms with E-state index in [1.165, 1.54) is 19.2 Å². The van der Waals surface area contributed by atoms with E-state index in [1.807, 2.05) is 0 Å². The Labute approximate surface area is 149 Å². The fourth-order valence-electron chi connectivity index (χ4n) is 2.33. The Bertz CT molecular complexity index is 839. The minimum Gasteiger partial charge on any atom is -0.493 e. The fourth-order valence-corrected chi connectivity index (χ4v) is 2.33. The summed E-state index contributed by atoms with van der Waals surface area (Å²) >= 11 is 0. The average molecular weight is 362 g/mol. The van der Waals surface area contributed by atoms with E-state index in [1.54, 1.807) is 26.0 Å². The van der Waals surface area contributed by atoms with Crippen molar-refractivity contribution in [1.82, 2.24) is 5.32 Å². The van der Waals surface area contributed by atoms with E-state index in [4.69, 9.17) is 9.47 Å². The van der Waals surface area contributed by atoms with Crippen LogP contribution in [0.25, 0.3) is 0 Å². The quantitative estimate of drug-likeness (QED) is 0.602. The number of ether oxygens (including phenoxy) is 2. The van der Waals surface area contributed by atoms with E-state index in [-0.39, 0.29) is 36.0 Å². The molecule has 2 aromatic carbocycles. The van der Waals surface area contributed by atoms with Crippen LogP contribution in [-0.2, 0) is 6.54 Å². The Morgan fingerprint density at radius 1 is 1.27 bits per heavy atom. The molecule has 0 fully saturated rings. The third-order valence-electron chi connectivity index (χ3n) is 3.71. The number of nitro groups is 1. The number of carbonyl (C=O) groups is 1. The van der Waals surface area contributed by atoms with Crippen molar-refractivity contribution in [2.24, 2.45) is 0 Å². The van der Waals surface area contributed by atoms with E-state index in [0.29, 0.717) is 11.1 Å². The molecule has 0 saturated heterocycles. The van der Waals surface area contributed by atoms with Crippen molar-refractivity contribution in [2.75, 3.05) is 13.7 Å². The Hall–Kier alpha value is -3.16. The zero-order chi connectivity index (χ0) is 19.3. The Morgan fingerprint density at radius 2 is 2.00 bits per heavy atom. The Kier molecular flexibility index (Phi) is 6.11. The maximum atomic E-state index is 13.6. The number of carbonyl (C=O) groups excluding carboxylic acids is 1. The first-order valence-corrected chi connectivity index (χ1v) is 7.89. The lowest BCUT2D eigenvalue weighted by atomic mass is 10.1. The lowest BCUT2D eigenvalue weighted by Gasteiger charge is -2.12. The van der Waals surface area contributed by atoms with Crippen molar-refractivity contribution < 1.29 is 23.6 Å². The van der Waals surface area contributed by atoms with Crippen LogP contribution in [0.4, 0.5) is 10.1 Å². The number of benzene rings is 2. The van der Waals surface area contributed by atoms with Gasteiger partial charge in [0.05, 0.1) is 24.7 Å². The van der Waals surface area contributed by atoms with E-state index in [0.717, 1.165) is 6.07 Å². The molecule has 26 heavy (non-hydrogen) atoms. The first-order chi connectivity index (χ1) is 12.4. The molecule has 138 valence electrons. The number of nitro benzene ring substituents is 1. The topological polar surface area (TPSA) is 90.7 Å². The highest BCUT2D eigenvalue weighted by Crippen LogP contribution is 2.34. The predicted octanol–water partition coefficient (Wildman–Crippen LogP) is 3.38. The molecule has 0 atom stereocenters. The fraction of sp³-hybridized carbons (Fsp3) is 0.278. The maximum absolute atomic E-state index is 13.6. The van der Waals surface area contributed by atoms with E-state index in [2.05, 4.69) is 5.32 Å². The van der Waals surface area contributed by atoms with E-state index in [9.17, 15) is 19.3 Å². The highest BCUT2D eigenvalue weighted by Gasteiger charge is 2.24. The Morgan fingerprint density at radius 3 is 2.58 bits per heavy atom. The monoisotopic (exact) mass is 362 g/mol. The third kappa shape index (κ3) is 4.27. The number of halogens is 1. The van der Waals surface area contributed by atoms with Gasteiger partial charge in [-0.05, 0) is 31.0 Å². The van der Waals surface area contributed by atoms with Crippen LogP contribution in [0.1, 0.15) is 28.4 Å². The van der Waals surface area contributed by atoms with Crippen molar-refractivity contribution in [3.05, 3.63) is 63.0 Å². The van der Waals surface area contributed by atoms with Crippen LogP contribution in [0.5, 0.6) is 11.5 Å². The second kappa shape index (κ2) is 8.28. The molecular weight excluding hydrogens is 343 g/mol. The van der Waals surface area contributed by atoms with Gasteiger partial charge < -0.3 is 14.8 Å². The van der Waals surface area contributed by atoms with Crippen LogP contribution in [0.3, 0.4) is 0 Å². The number of rotatable bonds is 7. The zero-order valence-electron chi connectivity index (χ0n) is 14.7. The summed E-state index contributed by atoms with van der Waals surface area (Å²) in [7, 11) is 1.38. The molecular formula is C18H19FN2O5. The molecule has 0 saturated carbocycles. The first-order valence-electron chi connectivity index (χ1n) is 7.89. The van der Waals surface area contributed by atoms with Crippen LogP contribution in [-0.4, -0.2) is 24.5 Å². The van der Waals surface area contributed by atoms with Crippen molar-refractivity contribution in [3.63, 3.8) is 0 Å². The Balaban J connectivity index is 2.28. The maximum Gasteiger partial charge on any atom is 0.286 e. The van der Waals surface area contributed by atoms with Crippen molar-refractivity contribution in [2.45, 2.75) is 20.4 Å². The highest BCUT2D eigenvalue weighted by atomic mass is 19.1. The van der Waals surface area contributed by atoms with Crippen LogP contribution in [0, 0.1) is 22.9 Å². The van der Waals surface area contributed by atoms with E-state index < -0.39 is 16.5 Å². The second-order valence-electron chi connectivity index (χ2n) is 5.48. The summed E-state index contributed by atoms with van der Waals surface area (Å²) < 4.78 is 24.0. The van der Waals surface area contributed by atoms with Crippen LogP contribution in [0.2, 0.25) is 0 Å². The summed E-state index contributed by atoms with van der Waals surface area (Å²) in [5.74, 6) is -0.660. The van der Waals surface area contributed by atoms with E-state index >= 15 is 0 Å². The van der Waals surface area contributed by atoms with Gasteiger partial charge in [0.25, 0.3) is 11.6 Å². The average Bonchev–Trinajstić information content (AvgIpc) is 2.62. The number of nitrogens with zero attached hydrogens (tertiary/aromatic N) is 1. The standard InChI is InChI=1S/C18H19FN2O5/c1-4-26-17-9-15(21(23)24)13(8-16(17)25-3)18(22)20-10-12-6-5-11(2)14(19)7-12/h5-9H,4,10H2,1-3H3,(H,20,22). The van der Waals surface area contributed by atoms with Crippen molar-refractivity contribution >= 4 is 11.6 Å². The molecule has 0 aromatic heterocycles. The van der Waals surface area contributed by atoms with Gasteiger partial charge in [0.15, 0.2) is 11.5 Å². The summed E-state index contributed by atoms with van der Waals surface area (Å²) in [5.41, 5.74) is 0.471. The molecule has 0 aliphatic carbocycles. The summed E-state index contributed by atoms with van der Waals surface area (Å²) in [6, 6.07) is 6.99. The molecule has 0 bridgehead atoms. The largest absolute Gasteiger partial charge is 0.493 e. The molecule has 0 spiro atoms. The first kappa shape index (κ1) is 19.2. The summed E-state index contributed by atoms with van der Waals surface area (Å²) in [6.45, 7) is 3.68. The summed E-state index contributed by atoms with van der Waals surface area (Å²) in [4.78, 5) is 23.1. The second-order valence-corrected chi connectivity index (χ2v) is 5.48. The number of amides is 1. The van der Waals surface area contributed by atoms with Gasteiger partial charge in [-0.2, -0.15) is 0 Å². The van der Waals surface area contributed by atoms with Gasteiger partial charge in [0.1, 0.15) is 11.4 Å². The molecule has 0 heterocycles. The van der Waals surface area contributed by atoms with Crippen LogP contribution >= 0.6 is 0 Å². The van der Waals surface area contributed by atoms with Gasteiger partial charge in [-0.15, -0.1) is 0 Å². The minimum atomic E-state index is -0.668. The molecule has 0 aliphatic rings. The van der Waals surface area contributed by atoms with Gasteiger partial charge in [-0.25, -0.2) is 4.39 Å². The number of nitrogens with one attached hydrogen (secondary N) is 1. The number of aryl methyl sites for hydroxylation is 1. The predicted molar refractivity (Wildman–Crippen MR) is 93.1 cm³/mol. The SMILES string of the molecule is CCOc1cc([N+](=O)[O-])c(C(=O)NCc2ccc(C)c(F)c2)cc1OC. The number of hydrogen-bond donors (Lipinski definition) is 1. The lowest BCUT2D eigenvalue weighted by molar-refractivity contribution is -0.385. The van der Waals surface area contributed by atoms with Crippen molar-refractivity contribution in [1.29, 1.82) is 0 Å². The normalized spacial score (nSPS) is 10.3. The van der Waals surface area contributed by atoms with Gasteiger partial charge in [0, 0.05) is 12.6 Å². The molecule has 0 unspecified atom stereocenters. The number of hydrogen-bond acceptors (Lipinski definition) is 5. The third-order valence-corrected chi connectivity index (χ3v) is 3.71. The van der Waals surface area contributed by atoms with Gasteiger partial charge in [0.2, 0.25) is 0 Å². The number of methoxy groups -OCH3 is 1. The van der Waals surface area contributed by atoms with Crippen LogP contribution in [0.15, 0.2) is 30.3 Å². The molecule has 7 nitrogen and oxygen atoms in total. The molecule has 2 rings (SSSR count). The van der Waals surface area contributed by atoms with Gasteiger partial charge >= 0.3 is 0 Å². The van der Waals surface area contributed by atoms with Gasteiger partial charge in [-0.1, -0.05) is 12.1 Å². The minimum absolute atomic E-state index is 0.0305. The molecule has 0 radical (unpaired) electrons. The molecule has 1 amide bonds. The summed E-state index contributed by atoms with van der Waals surface area (Å²) in [6.07, 6.45) is 0. The highest BCUT2D eigenvalue weighted by molar-refractivity contribution is 5.99. The van der Waals surface area contributed by atoms with Crippen molar-refractivity contribution in [3.8, 4) is 11.5 Å². The molecule has 2 aromatic rings. The zero-order valence-corrected chi connectivity index (χ0v) is 14.7. The van der Waals surface area contributed by atoms with Crippen LogP contribution < -0.4 is 14.8 Å². The van der Waals surface area contributed by atoms with Gasteiger partial charge in [-0.3, -0.25) is 14.9 Å². The smallest absolute Gasteiger partial charge is 0.286 e. The molecule has 1 N–H and O–H groups in total. The molecule has 8 heteroatoms. The summed E-state index contributed by atoms with van der Waals surface area (Å²) in [5, 5.41) is 13.9. The lowest BCUT2D eigenvalue weighted by Crippen LogP contribution is -2.24.